The van der Waals surface area contributed by atoms with E-state index < -0.39 is 0 Å². The number of rotatable bonds is 4. The Morgan fingerprint density at radius 1 is 1.17 bits per heavy atom. The number of hydrogen-bond donors (Lipinski definition) is 2. The van der Waals surface area contributed by atoms with E-state index in [4.69, 9.17) is 5.73 Å². The first-order chi connectivity index (χ1) is 11.2. The summed E-state index contributed by atoms with van der Waals surface area (Å²) >= 11 is 0. The summed E-state index contributed by atoms with van der Waals surface area (Å²) in [5, 5.41) is 3.07. The number of nitrogens with one attached hydrogen (secondary N) is 1. The molecule has 0 saturated heterocycles. The lowest BCUT2D eigenvalue weighted by atomic mass is 10.0. The number of carbonyl (C=O) groups excluding carboxylic acids is 1. The average molecular weight is 307 g/mol. The molecule has 0 bridgehead atoms. The van der Waals surface area contributed by atoms with Crippen LogP contribution in [0.4, 0.5) is 0 Å². The van der Waals surface area contributed by atoms with Gasteiger partial charge in [0, 0.05) is 30.3 Å². The van der Waals surface area contributed by atoms with Gasteiger partial charge >= 0.3 is 0 Å². The molecular formula is C19H21N3O. The van der Waals surface area contributed by atoms with Crippen LogP contribution in [0.5, 0.6) is 0 Å². The molecule has 1 aromatic heterocycles. The van der Waals surface area contributed by atoms with Crippen molar-refractivity contribution in [1.82, 2.24) is 10.3 Å². The van der Waals surface area contributed by atoms with Gasteiger partial charge in [0.05, 0.1) is 5.69 Å². The highest BCUT2D eigenvalue weighted by molar-refractivity contribution is 5.80. The summed E-state index contributed by atoms with van der Waals surface area (Å²) in [5.41, 5.74) is 9.14. The lowest BCUT2D eigenvalue weighted by molar-refractivity contribution is -0.125. The van der Waals surface area contributed by atoms with Crippen molar-refractivity contribution in [3.63, 3.8) is 0 Å². The van der Waals surface area contributed by atoms with Crippen molar-refractivity contribution in [2.45, 2.75) is 25.4 Å². The number of nitrogens with zero attached hydrogens (tertiary/aromatic N) is 1. The van der Waals surface area contributed by atoms with Crippen LogP contribution in [0.1, 0.15) is 18.4 Å². The molecule has 4 heteroatoms. The van der Waals surface area contributed by atoms with E-state index in [9.17, 15) is 4.79 Å². The van der Waals surface area contributed by atoms with Gasteiger partial charge in [0.2, 0.25) is 5.91 Å². The number of nitrogens with two attached hydrogens (primary N) is 1. The Morgan fingerprint density at radius 2 is 2.00 bits per heavy atom. The summed E-state index contributed by atoms with van der Waals surface area (Å²) in [7, 11) is 0. The molecular weight excluding hydrogens is 286 g/mol. The molecule has 0 radical (unpaired) electrons. The van der Waals surface area contributed by atoms with Gasteiger partial charge in [-0.1, -0.05) is 30.3 Å². The number of pyridine rings is 1. The smallest absolute Gasteiger partial charge is 0.223 e. The molecule has 4 atom stereocenters. The van der Waals surface area contributed by atoms with Gasteiger partial charge in [0.15, 0.2) is 0 Å². The monoisotopic (exact) mass is 307 g/mol. The van der Waals surface area contributed by atoms with E-state index in [1.54, 1.807) is 6.20 Å². The van der Waals surface area contributed by atoms with Crippen molar-refractivity contribution in [2.75, 3.05) is 0 Å². The minimum atomic E-state index is 0.116. The predicted octanol–water partition coefficient (Wildman–Crippen LogP) is 2.35. The number of fused-ring (bicyclic) bond motifs is 1. The third kappa shape index (κ3) is 2.86. The van der Waals surface area contributed by atoms with E-state index in [0.717, 1.165) is 29.7 Å². The topological polar surface area (TPSA) is 68.0 Å². The average Bonchev–Trinajstić information content (AvgIpc) is 3.33. The second-order valence-electron chi connectivity index (χ2n) is 6.70. The first kappa shape index (κ1) is 14.4. The van der Waals surface area contributed by atoms with Gasteiger partial charge < -0.3 is 11.1 Å². The van der Waals surface area contributed by atoms with Crippen LogP contribution in [0.2, 0.25) is 0 Å². The Kier molecular flexibility index (Phi) is 3.62. The Bertz CT molecular complexity index is 716. The minimum absolute atomic E-state index is 0.116. The second kappa shape index (κ2) is 5.78. The maximum Gasteiger partial charge on any atom is 0.223 e. The third-order valence-corrected chi connectivity index (χ3v) is 5.18. The molecule has 3 N–H and O–H groups in total. The maximum absolute atomic E-state index is 12.4. The van der Waals surface area contributed by atoms with E-state index in [0.29, 0.717) is 18.4 Å². The zero-order valence-corrected chi connectivity index (χ0v) is 13.0. The Balaban J connectivity index is 1.41. The molecule has 23 heavy (non-hydrogen) atoms. The summed E-state index contributed by atoms with van der Waals surface area (Å²) in [4.78, 5) is 16.8. The SMILES string of the molecule is N[C@@H]1C[C@H](C(=O)NCc2ccnc(-c3ccccc3)c2)[C@H]2C[C@H]21. The summed E-state index contributed by atoms with van der Waals surface area (Å²) < 4.78 is 0. The number of carbonyl (C=O) groups is 1. The molecule has 0 spiro atoms. The van der Waals surface area contributed by atoms with Crippen LogP contribution in [0.15, 0.2) is 48.7 Å². The van der Waals surface area contributed by atoms with Gasteiger partial charge in [0.25, 0.3) is 0 Å². The fraction of sp³-hybridized carbons (Fsp3) is 0.368. The van der Waals surface area contributed by atoms with Crippen molar-refractivity contribution >= 4 is 5.91 Å². The molecule has 1 amide bonds. The highest BCUT2D eigenvalue weighted by Gasteiger charge is 2.55. The molecule has 2 aliphatic rings. The Hall–Kier alpha value is -2.20. The van der Waals surface area contributed by atoms with E-state index in [2.05, 4.69) is 10.3 Å². The van der Waals surface area contributed by atoms with Crippen LogP contribution in [0.3, 0.4) is 0 Å². The lowest BCUT2D eigenvalue weighted by Gasteiger charge is -2.14. The van der Waals surface area contributed by atoms with Crippen molar-refractivity contribution in [2.24, 2.45) is 23.5 Å². The van der Waals surface area contributed by atoms with Crippen molar-refractivity contribution in [3.8, 4) is 11.3 Å². The molecule has 118 valence electrons. The van der Waals surface area contributed by atoms with Gasteiger partial charge in [-0.3, -0.25) is 9.78 Å². The van der Waals surface area contributed by atoms with Crippen molar-refractivity contribution < 1.29 is 4.79 Å². The molecule has 2 aliphatic carbocycles. The zero-order chi connectivity index (χ0) is 15.8. The predicted molar refractivity (Wildman–Crippen MR) is 89.2 cm³/mol. The largest absolute Gasteiger partial charge is 0.352 e. The van der Waals surface area contributed by atoms with Gasteiger partial charge in [-0.25, -0.2) is 0 Å². The van der Waals surface area contributed by atoms with Crippen LogP contribution in [0, 0.1) is 17.8 Å². The van der Waals surface area contributed by atoms with Gasteiger partial charge in [-0.15, -0.1) is 0 Å². The van der Waals surface area contributed by atoms with Crippen LogP contribution < -0.4 is 11.1 Å². The van der Waals surface area contributed by atoms with E-state index >= 15 is 0 Å². The molecule has 4 nitrogen and oxygen atoms in total. The van der Waals surface area contributed by atoms with Crippen LogP contribution in [-0.2, 0) is 11.3 Å². The molecule has 1 heterocycles. The number of benzene rings is 1. The molecule has 0 unspecified atom stereocenters. The quantitative estimate of drug-likeness (QED) is 0.911. The van der Waals surface area contributed by atoms with Crippen molar-refractivity contribution in [1.29, 1.82) is 0 Å². The minimum Gasteiger partial charge on any atom is -0.352 e. The van der Waals surface area contributed by atoms with Crippen LogP contribution >= 0.6 is 0 Å². The van der Waals surface area contributed by atoms with Crippen molar-refractivity contribution in [3.05, 3.63) is 54.2 Å². The van der Waals surface area contributed by atoms with Gasteiger partial charge in [-0.05, 0) is 42.4 Å². The fourth-order valence-electron chi connectivity index (χ4n) is 3.81. The molecule has 1 aromatic carbocycles. The molecule has 2 fully saturated rings. The van der Waals surface area contributed by atoms with E-state index in [1.807, 2.05) is 42.5 Å². The summed E-state index contributed by atoms with van der Waals surface area (Å²) in [6.07, 6.45) is 3.77. The van der Waals surface area contributed by atoms with Crippen LogP contribution in [-0.4, -0.2) is 16.9 Å². The lowest BCUT2D eigenvalue weighted by Crippen LogP contribution is -2.32. The van der Waals surface area contributed by atoms with E-state index in [1.165, 1.54) is 0 Å². The number of hydrogen-bond acceptors (Lipinski definition) is 3. The van der Waals surface area contributed by atoms with Crippen LogP contribution in [0.25, 0.3) is 11.3 Å². The molecule has 2 aromatic rings. The molecule has 4 rings (SSSR count). The van der Waals surface area contributed by atoms with Gasteiger partial charge in [0.1, 0.15) is 0 Å². The summed E-state index contributed by atoms with van der Waals surface area (Å²) in [5.74, 6) is 1.40. The molecule has 2 saturated carbocycles. The second-order valence-corrected chi connectivity index (χ2v) is 6.70. The maximum atomic E-state index is 12.4. The standard InChI is InChI=1S/C19H21N3O/c20-17-10-16(14-9-15(14)17)19(23)22-11-12-6-7-21-18(8-12)13-4-2-1-3-5-13/h1-8,14-17H,9-11,20H2,(H,22,23)/t14-,15+,16-,17+/m0/s1. The highest BCUT2D eigenvalue weighted by atomic mass is 16.1. The highest BCUT2D eigenvalue weighted by Crippen LogP contribution is 2.54. The number of aromatic nitrogens is 1. The normalized spacial score (nSPS) is 28.2. The van der Waals surface area contributed by atoms with E-state index in [-0.39, 0.29) is 17.9 Å². The van der Waals surface area contributed by atoms with Gasteiger partial charge in [-0.2, -0.15) is 0 Å². The summed E-state index contributed by atoms with van der Waals surface area (Å²) in [6.45, 7) is 0.546. The first-order valence-electron chi connectivity index (χ1n) is 8.26. The first-order valence-corrected chi connectivity index (χ1v) is 8.26. The third-order valence-electron chi connectivity index (χ3n) is 5.18. The summed E-state index contributed by atoms with van der Waals surface area (Å²) in [6, 6.07) is 14.3. The number of amides is 1. The Morgan fingerprint density at radius 3 is 2.70 bits per heavy atom. The Labute approximate surface area is 136 Å². The fourth-order valence-corrected chi connectivity index (χ4v) is 3.81. The zero-order valence-electron chi connectivity index (χ0n) is 13.0. The molecule has 0 aliphatic heterocycles.